The van der Waals surface area contributed by atoms with Crippen molar-refractivity contribution in [2.75, 3.05) is 0 Å². The number of hydrogen-bond donors (Lipinski definition) is 1. The van der Waals surface area contributed by atoms with Gasteiger partial charge >= 0.3 is 0 Å². The predicted octanol–water partition coefficient (Wildman–Crippen LogP) is 2.36. The minimum Gasteiger partial charge on any atom is -0.389 e. The van der Waals surface area contributed by atoms with Gasteiger partial charge in [-0.1, -0.05) is 31.9 Å². The molecular formula is C11H18O. The van der Waals surface area contributed by atoms with Crippen molar-refractivity contribution < 1.29 is 5.11 Å². The molecule has 2 rings (SSSR count). The molecule has 4 unspecified atom stereocenters. The maximum Gasteiger partial charge on any atom is 0.0723 e. The van der Waals surface area contributed by atoms with E-state index in [-0.39, 0.29) is 6.10 Å². The molecule has 0 saturated heterocycles. The predicted molar refractivity (Wildman–Crippen MR) is 49.8 cm³/mol. The molecule has 0 heterocycles. The van der Waals surface area contributed by atoms with E-state index < -0.39 is 0 Å². The van der Waals surface area contributed by atoms with Crippen LogP contribution in [-0.4, -0.2) is 11.2 Å². The van der Waals surface area contributed by atoms with Crippen molar-refractivity contribution in [3.8, 4) is 0 Å². The van der Waals surface area contributed by atoms with E-state index in [0.29, 0.717) is 0 Å². The Labute approximate surface area is 74.5 Å². The molecule has 68 valence electrons. The van der Waals surface area contributed by atoms with E-state index in [1.54, 1.807) is 0 Å². The van der Waals surface area contributed by atoms with Crippen molar-refractivity contribution in [3.05, 3.63) is 12.2 Å². The molecule has 2 aliphatic carbocycles. The number of fused-ring (bicyclic) bond motifs is 1. The van der Waals surface area contributed by atoms with E-state index in [1.165, 1.54) is 19.3 Å². The Kier molecular flexibility index (Phi) is 2.22. The van der Waals surface area contributed by atoms with E-state index in [9.17, 15) is 5.11 Å². The van der Waals surface area contributed by atoms with Gasteiger partial charge in [0.25, 0.3) is 0 Å². The van der Waals surface area contributed by atoms with Crippen molar-refractivity contribution in [2.45, 2.75) is 38.7 Å². The first-order valence-electron chi connectivity index (χ1n) is 5.14. The summed E-state index contributed by atoms with van der Waals surface area (Å²) >= 11 is 0. The lowest BCUT2D eigenvalue weighted by atomic mass is 9.68. The molecular weight excluding hydrogens is 148 g/mol. The highest BCUT2D eigenvalue weighted by Crippen LogP contribution is 2.40. The van der Waals surface area contributed by atoms with Gasteiger partial charge in [-0.2, -0.15) is 0 Å². The van der Waals surface area contributed by atoms with E-state index in [2.05, 4.69) is 13.0 Å². The Balaban J connectivity index is 2.10. The molecule has 1 fully saturated rings. The summed E-state index contributed by atoms with van der Waals surface area (Å²) in [6, 6.07) is 0. The molecule has 2 aliphatic rings. The summed E-state index contributed by atoms with van der Waals surface area (Å²) in [7, 11) is 0. The van der Waals surface area contributed by atoms with Gasteiger partial charge in [-0.05, 0) is 30.6 Å². The molecule has 12 heavy (non-hydrogen) atoms. The van der Waals surface area contributed by atoms with Crippen molar-refractivity contribution >= 4 is 0 Å². The van der Waals surface area contributed by atoms with Crippen LogP contribution >= 0.6 is 0 Å². The summed E-state index contributed by atoms with van der Waals surface area (Å²) in [6.45, 7) is 2.35. The van der Waals surface area contributed by atoms with Crippen LogP contribution in [0.3, 0.4) is 0 Å². The Bertz CT molecular complexity index is 185. The molecule has 0 bridgehead atoms. The topological polar surface area (TPSA) is 20.2 Å². The summed E-state index contributed by atoms with van der Waals surface area (Å²) in [4.78, 5) is 0. The fourth-order valence-electron chi connectivity index (χ4n) is 2.82. The highest BCUT2D eigenvalue weighted by molar-refractivity contribution is 5.04. The second kappa shape index (κ2) is 3.21. The minimum absolute atomic E-state index is 0.156. The number of aliphatic hydroxyl groups excluding tert-OH is 1. The molecule has 1 heteroatoms. The second-order valence-electron chi connectivity index (χ2n) is 4.43. The highest BCUT2D eigenvalue weighted by atomic mass is 16.3. The largest absolute Gasteiger partial charge is 0.389 e. The van der Waals surface area contributed by atoms with Crippen molar-refractivity contribution in [1.29, 1.82) is 0 Å². The molecule has 4 atom stereocenters. The fraction of sp³-hybridized carbons (Fsp3) is 0.818. The van der Waals surface area contributed by atoms with Crippen LogP contribution in [0.1, 0.15) is 32.6 Å². The molecule has 0 aliphatic heterocycles. The zero-order valence-electron chi connectivity index (χ0n) is 7.74. The van der Waals surface area contributed by atoms with E-state index in [1.807, 2.05) is 6.08 Å². The fourth-order valence-corrected chi connectivity index (χ4v) is 2.82. The van der Waals surface area contributed by atoms with E-state index >= 15 is 0 Å². The lowest BCUT2D eigenvalue weighted by Gasteiger charge is -2.38. The van der Waals surface area contributed by atoms with Crippen LogP contribution in [0.2, 0.25) is 0 Å². The van der Waals surface area contributed by atoms with Crippen LogP contribution in [0, 0.1) is 17.8 Å². The number of allylic oxidation sites excluding steroid dienone is 1. The van der Waals surface area contributed by atoms with Crippen LogP contribution in [0.5, 0.6) is 0 Å². The smallest absolute Gasteiger partial charge is 0.0723 e. The number of rotatable bonds is 0. The van der Waals surface area contributed by atoms with Gasteiger partial charge in [-0.15, -0.1) is 0 Å². The molecule has 1 nitrogen and oxygen atoms in total. The highest BCUT2D eigenvalue weighted by Gasteiger charge is 2.32. The lowest BCUT2D eigenvalue weighted by molar-refractivity contribution is 0.112. The molecule has 0 aromatic rings. The first kappa shape index (κ1) is 8.31. The van der Waals surface area contributed by atoms with E-state index in [4.69, 9.17) is 0 Å². The maximum absolute atomic E-state index is 9.45. The quantitative estimate of drug-likeness (QED) is 0.548. The summed E-state index contributed by atoms with van der Waals surface area (Å²) in [5.41, 5.74) is 0. The lowest BCUT2D eigenvalue weighted by Crippen LogP contribution is -2.31. The van der Waals surface area contributed by atoms with Crippen LogP contribution < -0.4 is 0 Å². The Morgan fingerprint density at radius 3 is 2.92 bits per heavy atom. The molecule has 1 N–H and O–H groups in total. The standard InChI is InChI=1S/C11H18O/c1-8-3-2-4-9-7-10(12)5-6-11(8)9/h5-6,8-12H,2-4,7H2,1H3. The molecule has 0 spiro atoms. The van der Waals surface area contributed by atoms with E-state index in [0.717, 1.165) is 24.2 Å². The van der Waals surface area contributed by atoms with Crippen LogP contribution in [-0.2, 0) is 0 Å². The van der Waals surface area contributed by atoms with Gasteiger partial charge in [-0.3, -0.25) is 0 Å². The Hall–Kier alpha value is -0.300. The minimum atomic E-state index is -0.156. The summed E-state index contributed by atoms with van der Waals surface area (Å²) in [5, 5.41) is 9.45. The van der Waals surface area contributed by atoms with Crippen molar-refractivity contribution in [1.82, 2.24) is 0 Å². The van der Waals surface area contributed by atoms with Crippen molar-refractivity contribution in [3.63, 3.8) is 0 Å². The van der Waals surface area contributed by atoms with Gasteiger partial charge in [0.05, 0.1) is 6.10 Å². The summed E-state index contributed by atoms with van der Waals surface area (Å²) in [6.07, 6.45) is 9.16. The first-order valence-corrected chi connectivity index (χ1v) is 5.14. The monoisotopic (exact) mass is 166 g/mol. The van der Waals surface area contributed by atoms with Crippen LogP contribution in [0.25, 0.3) is 0 Å². The molecule has 0 aromatic heterocycles. The Morgan fingerprint density at radius 1 is 1.25 bits per heavy atom. The normalized spacial score (nSPS) is 47.2. The summed E-state index contributed by atoms with van der Waals surface area (Å²) in [5.74, 6) is 2.38. The molecule has 0 radical (unpaired) electrons. The molecule has 0 amide bonds. The number of hydrogen-bond acceptors (Lipinski definition) is 1. The number of aliphatic hydroxyl groups is 1. The van der Waals surface area contributed by atoms with Gasteiger partial charge in [-0.25, -0.2) is 0 Å². The third kappa shape index (κ3) is 1.42. The SMILES string of the molecule is CC1CCCC2CC(O)C=CC12. The average molecular weight is 166 g/mol. The van der Waals surface area contributed by atoms with Gasteiger partial charge in [0, 0.05) is 0 Å². The average Bonchev–Trinajstić information content (AvgIpc) is 2.04. The molecule has 1 saturated carbocycles. The Morgan fingerprint density at radius 2 is 2.08 bits per heavy atom. The van der Waals surface area contributed by atoms with Gasteiger partial charge in [0.15, 0.2) is 0 Å². The second-order valence-corrected chi connectivity index (χ2v) is 4.43. The zero-order valence-corrected chi connectivity index (χ0v) is 7.74. The first-order chi connectivity index (χ1) is 5.77. The van der Waals surface area contributed by atoms with Crippen molar-refractivity contribution in [2.24, 2.45) is 17.8 Å². The van der Waals surface area contributed by atoms with Crippen LogP contribution in [0.4, 0.5) is 0 Å². The third-order valence-corrected chi connectivity index (χ3v) is 3.54. The third-order valence-electron chi connectivity index (χ3n) is 3.54. The molecule has 0 aromatic carbocycles. The van der Waals surface area contributed by atoms with Crippen LogP contribution in [0.15, 0.2) is 12.2 Å². The van der Waals surface area contributed by atoms with Gasteiger partial charge < -0.3 is 5.11 Å². The van der Waals surface area contributed by atoms with Gasteiger partial charge in [0.2, 0.25) is 0 Å². The summed E-state index contributed by atoms with van der Waals surface area (Å²) < 4.78 is 0. The maximum atomic E-state index is 9.45. The van der Waals surface area contributed by atoms with Gasteiger partial charge in [0.1, 0.15) is 0 Å². The zero-order chi connectivity index (χ0) is 8.55.